The van der Waals surface area contributed by atoms with Crippen molar-refractivity contribution in [1.82, 2.24) is 0 Å². The van der Waals surface area contributed by atoms with Crippen molar-refractivity contribution in [3.05, 3.63) is 39.4 Å². The van der Waals surface area contributed by atoms with E-state index in [-0.39, 0.29) is 22.1 Å². The Morgan fingerprint density at radius 2 is 2.10 bits per heavy atom. The van der Waals surface area contributed by atoms with Crippen molar-refractivity contribution < 1.29 is 19.2 Å². The van der Waals surface area contributed by atoms with Gasteiger partial charge in [0.25, 0.3) is 5.69 Å². The third kappa shape index (κ3) is 4.74. The van der Waals surface area contributed by atoms with Crippen LogP contribution in [0.4, 0.5) is 5.69 Å². The van der Waals surface area contributed by atoms with Gasteiger partial charge in [0.2, 0.25) is 0 Å². The molecule has 0 aromatic heterocycles. The Hall–Kier alpha value is -2.33. The Balaban J connectivity index is 3.06. The second kappa shape index (κ2) is 7.31. The van der Waals surface area contributed by atoms with E-state index in [2.05, 4.69) is 16.6 Å². The van der Waals surface area contributed by atoms with Crippen molar-refractivity contribution in [2.45, 2.75) is 6.92 Å². The number of thioether (sulfide) groups is 1. The highest BCUT2D eigenvalue weighted by molar-refractivity contribution is 8.13. The molecule has 0 heterocycles. The van der Waals surface area contributed by atoms with Gasteiger partial charge in [-0.3, -0.25) is 14.9 Å². The first kappa shape index (κ1) is 15.7. The molecule has 0 spiro atoms. The van der Waals surface area contributed by atoms with Gasteiger partial charge in [0.1, 0.15) is 0 Å². The van der Waals surface area contributed by atoms with Gasteiger partial charge in [-0.2, -0.15) is 0 Å². The van der Waals surface area contributed by atoms with E-state index in [1.807, 2.05) is 0 Å². The predicted molar refractivity (Wildman–Crippen MR) is 74.5 cm³/mol. The summed E-state index contributed by atoms with van der Waals surface area (Å²) >= 11 is 1.04. The number of non-ortho nitro benzene ring substituents is 1. The summed E-state index contributed by atoms with van der Waals surface area (Å²) in [5.41, 5.74) is 0.144. The van der Waals surface area contributed by atoms with E-state index in [1.165, 1.54) is 26.2 Å². The van der Waals surface area contributed by atoms with Crippen molar-refractivity contribution in [2.24, 2.45) is 0 Å². The molecule has 0 saturated heterocycles. The van der Waals surface area contributed by atoms with Gasteiger partial charge in [0.15, 0.2) is 5.12 Å². The fourth-order valence-corrected chi connectivity index (χ4v) is 1.65. The lowest BCUT2D eigenvalue weighted by molar-refractivity contribution is -0.384. The summed E-state index contributed by atoms with van der Waals surface area (Å²) in [5.74, 6) is 4.99. The van der Waals surface area contributed by atoms with Crippen LogP contribution in [0.2, 0.25) is 0 Å². The molecule has 0 aliphatic carbocycles. The lowest BCUT2D eigenvalue weighted by atomic mass is 10.1. The Morgan fingerprint density at radius 1 is 1.40 bits per heavy atom. The number of methoxy groups -OCH3 is 1. The Kier molecular flexibility index (Phi) is 5.74. The number of hydrogen-bond donors (Lipinski definition) is 0. The molecule has 0 amide bonds. The number of rotatable bonds is 3. The largest absolute Gasteiger partial charge is 0.465 e. The fourth-order valence-electron chi connectivity index (χ4n) is 1.30. The van der Waals surface area contributed by atoms with Crippen LogP contribution in [0.1, 0.15) is 22.8 Å². The first-order valence-corrected chi connectivity index (χ1v) is 6.42. The number of hydrogen-bond acceptors (Lipinski definition) is 6. The highest BCUT2D eigenvalue weighted by atomic mass is 32.2. The van der Waals surface area contributed by atoms with Gasteiger partial charge in [-0.1, -0.05) is 23.6 Å². The molecule has 1 aromatic carbocycles. The van der Waals surface area contributed by atoms with E-state index in [1.54, 1.807) is 0 Å². The second-order valence-corrected chi connectivity index (χ2v) is 4.75. The number of benzene rings is 1. The maximum atomic E-state index is 11.4. The van der Waals surface area contributed by atoms with E-state index in [4.69, 9.17) is 0 Å². The highest BCUT2D eigenvalue weighted by Gasteiger charge is 2.14. The molecule has 20 heavy (non-hydrogen) atoms. The molecule has 6 nitrogen and oxygen atoms in total. The summed E-state index contributed by atoms with van der Waals surface area (Å²) in [6, 6.07) is 3.80. The number of carbonyl (C=O) groups is 2. The Bertz CT molecular complexity index is 615. The molecule has 0 atom stereocenters. The zero-order chi connectivity index (χ0) is 15.1. The topological polar surface area (TPSA) is 86.5 Å². The van der Waals surface area contributed by atoms with Crippen LogP contribution in [0, 0.1) is 22.0 Å². The van der Waals surface area contributed by atoms with Crippen LogP contribution in [0.25, 0.3) is 0 Å². The maximum Gasteiger partial charge on any atom is 0.338 e. The van der Waals surface area contributed by atoms with E-state index in [0.717, 1.165) is 17.8 Å². The third-order valence-electron chi connectivity index (χ3n) is 2.13. The van der Waals surface area contributed by atoms with E-state index in [9.17, 15) is 19.7 Å². The minimum Gasteiger partial charge on any atom is -0.465 e. The predicted octanol–water partition coefficient (Wildman–Crippen LogP) is 2.01. The summed E-state index contributed by atoms with van der Waals surface area (Å²) in [4.78, 5) is 32.3. The molecule has 0 unspecified atom stereocenters. The number of nitro benzene ring substituents is 1. The lowest BCUT2D eigenvalue weighted by Crippen LogP contribution is -2.03. The molecule has 0 bridgehead atoms. The average molecular weight is 293 g/mol. The average Bonchev–Trinajstić information content (AvgIpc) is 2.42. The maximum absolute atomic E-state index is 11.4. The molecular formula is C13H11NO5S. The highest BCUT2D eigenvalue weighted by Crippen LogP contribution is 2.17. The molecule has 104 valence electrons. The summed E-state index contributed by atoms with van der Waals surface area (Å²) in [6.45, 7) is 1.43. The van der Waals surface area contributed by atoms with E-state index >= 15 is 0 Å². The van der Waals surface area contributed by atoms with Gasteiger partial charge in [-0.15, -0.1) is 0 Å². The minimum atomic E-state index is -0.671. The molecule has 0 aliphatic rings. The van der Waals surface area contributed by atoms with Gasteiger partial charge in [-0.05, 0) is 6.07 Å². The third-order valence-corrected chi connectivity index (χ3v) is 2.83. The van der Waals surface area contributed by atoms with Crippen molar-refractivity contribution in [3.63, 3.8) is 0 Å². The fraction of sp³-hybridized carbons (Fsp3) is 0.231. The van der Waals surface area contributed by atoms with Gasteiger partial charge in [0.05, 0.1) is 23.3 Å². The number of ether oxygens (including phenoxy) is 1. The van der Waals surface area contributed by atoms with Crippen molar-refractivity contribution in [3.8, 4) is 11.8 Å². The molecule has 0 fully saturated rings. The van der Waals surface area contributed by atoms with Crippen LogP contribution in [-0.4, -0.2) is 28.9 Å². The summed E-state index contributed by atoms with van der Waals surface area (Å²) < 4.78 is 4.52. The van der Waals surface area contributed by atoms with E-state index in [0.29, 0.717) is 5.56 Å². The molecule has 0 radical (unpaired) electrons. The summed E-state index contributed by atoms with van der Waals surface area (Å²) in [7, 11) is 1.19. The number of nitrogens with zero attached hydrogens (tertiary/aromatic N) is 1. The zero-order valence-electron chi connectivity index (χ0n) is 10.8. The SMILES string of the molecule is COC(=O)c1cc(C#CCSC(C)=O)cc([N+](=O)[O-])c1. The standard InChI is InChI=1S/C13H11NO5S/c1-9(15)20-5-3-4-10-6-11(13(16)19-2)8-12(7-10)14(17)18/h6-8H,5H2,1-2H3. The molecule has 7 heteroatoms. The normalized spacial score (nSPS) is 9.30. The van der Waals surface area contributed by atoms with Crippen molar-refractivity contribution >= 4 is 28.5 Å². The molecular weight excluding hydrogens is 282 g/mol. The summed E-state index contributed by atoms with van der Waals surface area (Å²) in [6.07, 6.45) is 0. The number of esters is 1. The van der Waals surface area contributed by atoms with Crippen LogP contribution in [0.5, 0.6) is 0 Å². The number of carbonyl (C=O) groups excluding carboxylic acids is 2. The number of nitro groups is 1. The van der Waals surface area contributed by atoms with Crippen LogP contribution < -0.4 is 0 Å². The van der Waals surface area contributed by atoms with Gasteiger partial charge in [-0.25, -0.2) is 4.79 Å². The van der Waals surface area contributed by atoms with Crippen LogP contribution >= 0.6 is 11.8 Å². The van der Waals surface area contributed by atoms with Crippen molar-refractivity contribution in [2.75, 3.05) is 12.9 Å². The summed E-state index contributed by atoms with van der Waals surface area (Å²) in [5, 5.41) is 10.7. The Morgan fingerprint density at radius 3 is 2.65 bits per heavy atom. The van der Waals surface area contributed by atoms with Crippen LogP contribution in [0.15, 0.2) is 18.2 Å². The van der Waals surface area contributed by atoms with Gasteiger partial charge < -0.3 is 4.74 Å². The second-order valence-electron chi connectivity index (χ2n) is 3.60. The first-order valence-electron chi connectivity index (χ1n) is 5.44. The molecule has 1 aromatic rings. The molecule has 1 rings (SSSR count). The molecule has 0 saturated carbocycles. The van der Waals surface area contributed by atoms with Crippen molar-refractivity contribution in [1.29, 1.82) is 0 Å². The van der Waals surface area contributed by atoms with Gasteiger partial charge >= 0.3 is 5.97 Å². The Labute approximate surface area is 119 Å². The van der Waals surface area contributed by atoms with E-state index < -0.39 is 10.9 Å². The minimum absolute atomic E-state index is 0.0604. The van der Waals surface area contributed by atoms with Crippen LogP contribution in [-0.2, 0) is 9.53 Å². The monoisotopic (exact) mass is 293 g/mol. The lowest BCUT2D eigenvalue weighted by Gasteiger charge is -2.00. The van der Waals surface area contributed by atoms with Crippen LogP contribution in [0.3, 0.4) is 0 Å². The zero-order valence-corrected chi connectivity index (χ0v) is 11.7. The quantitative estimate of drug-likeness (QED) is 0.367. The first-order chi connectivity index (χ1) is 9.43. The molecule has 0 N–H and O–H groups in total. The molecule has 0 aliphatic heterocycles. The smallest absolute Gasteiger partial charge is 0.338 e. The van der Waals surface area contributed by atoms with Gasteiger partial charge in [0, 0.05) is 24.6 Å².